The average Bonchev–Trinajstić information content (AvgIpc) is 2.65. The average molecular weight is 365 g/mol. The SMILES string of the molecule is CCCCCCCCC[C@@H](CC(=O)CCc1ccc(O)c(OC)c1)OC. The Hall–Kier alpha value is -1.55. The van der Waals surface area contributed by atoms with E-state index in [-0.39, 0.29) is 17.6 Å². The van der Waals surface area contributed by atoms with Gasteiger partial charge < -0.3 is 14.6 Å². The van der Waals surface area contributed by atoms with Gasteiger partial charge in [0.05, 0.1) is 13.2 Å². The fraction of sp³-hybridized carbons (Fsp3) is 0.682. The minimum absolute atomic E-state index is 0.0347. The number of ether oxygens (including phenoxy) is 2. The van der Waals surface area contributed by atoms with Crippen molar-refractivity contribution in [2.24, 2.45) is 0 Å². The first kappa shape index (κ1) is 22.5. The van der Waals surface area contributed by atoms with Crippen molar-refractivity contribution in [3.05, 3.63) is 23.8 Å². The highest BCUT2D eigenvalue weighted by Crippen LogP contribution is 2.26. The van der Waals surface area contributed by atoms with Gasteiger partial charge in [0.2, 0.25) is 0 Å². The molecular formula is C22H36O4. The molecule has 1 rings (SSSR count). The van der Waals surface area contributed by atoms with Gasteiger partial charge in [-0.05, 0) is 30.5 Å². The van der Waals surface area contributed by atoms with Crippen LogP contribution in [-0.4, -0.2) is 31.2 Å². The topological polar surface area (TPSA) is 55.8 Å². The lowest BCUT2D eigenvalue weighted by molar-refractivity contribution is -0.121. The summed E-state index contributed by atoms with van der Waals surface area (Å²) in [6, 6.07) is 5.23. The van der Waals surface area contributed by atoms with Gasteiger partial charge in [-0.2, -0.15) is 0 Å². The molecule has 0 aromatic heterocycles. The Morgan fingerprint density at radius 1 is 1.08 bits per heavy atom. The molecule has 0 spiro atoms. The summed E-state index contributed by atoms with van der Waals surface area (Å²) >= 11 is 0. The molecule has 0 bridgehead atoms. The normalized spacial score (nSPS) is 12.1. The number of carbonyl (C=O) groups excluding carboxylic acids is 1. The highest BCUT2D eigenvalue weighted by atomic mass is 16.5. The summed E-state index contributed by atoms with van der Waals surface area (Å²) in [6.45, 7) is 2.23. The maximum atomic E-state index is 12.3. The molecular weight excluding hydrogens is 328 g/mol. The zero-order chi connectivity index (χ0) is 19.2. The number of phenolic OH excluding ortho intramolecular Hbond substituents is 1. The minimum atomic E-state index is 0.0347. The van der Waals surface area contributed by atoms with Crippen LogP contribution < -0.4 is 4.74 Å². The molecule has 0 unspecified atom stereocenters. The van der Waals surface area contributed by atoms with Crippen molar-refractivity contribution in [2.45, 2.75) is 83.7 Å². The maximum Gasteiger partial charge on any atom is 0.160 e. The molecule has 0 amide bonds. The van der Waals surface area contributed by atoms with Crippen molar-refractivity contribution < 1.29 is 19.4 Å². The van der Waals surface area contributed by atoms with E-state index < -0.39 is 0 Å². The summed E-state index contributed by atoms with van der Waals surface area (Å²) in [7, 11) is 3.22. The van der Waals surface area contributed by atoms with Crippen LogP contribution in [0.15, 0.2) is 18.2 Å². The molecule has 4 heteroatoms. The van der Waals surface area contributed by atoms with E-state index in [4.69, 9.17) is 9.47 Å². The molecule has 1 aromatic carbocycles. The van der Waals surface area contributed by atoms with Crippen LogP contribution in [0.1, 0.15) is 76.7 Å². The molecule has 1 atom stereocenters. The molecule has 148 valence electrons. The van der Waals surface area contributed by atoms with Gasteiger partial charge in [0.1, 0.15) is 5.78 Å². The summed E-state index contributed by atoms with van der Waals surface area (Å²) < 4.78 is 10.6. The highest BCUT2D eigenvalue weighted by molar-refractivity contribution is 5.79. The van der Waals surface area contributed by atoms with Crippen LogP contribution in [0.3, 0.4) is 0 Å². The van der Waals surface area contributed by atoms with E-state index in [2.05, 4.69) is 6.92 Å². The molecule has 26 heavy (non-hydrogen) atoms. The molecule has 0 heterocycles. The Morgan fingerprint density at radius 3 is 2.42 bits per heavy atom. The van der Waals surface area contributed by atoms with Gasteiger partial charge >= 0.3 is 0 Å². The van der Waals surface area contributed by atoms with E-state index in [1.807, 2.05) is 6.07 Å². The number of phenols is 1. The van der Waals surface area contributed by atoms with Crippen LogP contribution in [0, 0.1) is 0 Å². The molecule has 0 saturated carbocycles. The Labute approximate surface area is 158 Å². The first-order chi connectivity index (χ1) is 12.6. The zero-order valence-electron chi connectivity index (χ0n) is 16.8. The maximum absolute atomic E-state index is 12.3. The van der Waals surface area contributed by atoms with Crippen LogP contribution in [0.5, 0.6) is 11.5 Å². The zero-order valence-corrected chi connectivity index (χ0v) is 16.8. The molecule has 0 aliphatic heterocycles. The van der Waals surface area contributed by atoms with E-state index in [1.54, 1.807) is 19.2 Å². The lowest BCUT2D eigenvalue weighted by Gasteiger charge is -2.14. The van der Waals surface area contributed by atoms with Crippen LogP contribution in [0.2, 0.25) is 0 Å². The van der Waals surface area contributed by atoms with Crippen molar-refractivity contribution in [3.8, 4) is 11.5 Å². The molecule has 4 nitrogen and oxygen atoms in total. The summed E-state index contributed by atoms with van der Waals surface area (Å²) in [5.41, 5.74) is 0.994. The second kappa shape index (κ2) is 13.6. The van der Waals surface area contributed by atoms with Crippen LogP contribution in [0.25, 0.3) is 0 Å². The van der Waals surface area contributed by atoms with E-state index in [1.165, 1.54) is 45.6 Å². The summed E-state index contributed by atoms with van der Waals surface area (Å²) in [4.78, 5) is 12.3. The lowest BCUT2D eigenvalue weighted by Crippen LogP contribution is -2.16. The fourth-order valence-electron chi connectivity index (χ4n) is 3.15. The Bertz CT molecular complexity index is 513. The van der Waals surface area contributed by atoms with Gasteiger partial charge in [-0.15, -0.1) is 0 Å². The van der Waals surface area contributed by atoms with E-state index >= 15 is 0 Å². The Balaban J connectivity index is 2.25. The highest BCUT2D eigenvalue weighted by Gasteiger charge is 2.13. The van der Waals surface area contributed by atoms with Gasteiger partial charge in [0.25, 0.3) is 0 Å². The van der Waals surface area contributed by atoms with E-state index in [0.29, 0.717) is 25.0 Å². The van der Waals surface area contributed by atoms with Crippen molar-refractivity contribution in [1.82, 2.24) is 0 Å². The molecule has 0 saturated heterocycles. The third-order valence-electron chi connectivity index (χ3n) is 4.85. The quantitative estimate of drug-likeness (QED) is 0.421. The fourth-order valence-corrected chi connectivity index (χ4v) is 3.15. The van der Waals surface area contributed by atoms with Crippen LogP contribution in [0.4, 0.5) is 0 Å². The van der Waals surface area contributed by atoms with E-state index in [0.717, 1.165) is 18.4 Å². The van der Waals surface area contributed by atoms with E-state index in [9.17, 15) is 9.90 Å². The first-order valence-electron chi connectivity index (χ1n) is 10.0. The smallest absolute Gasteiger partial charge is 0.160 e. The third-order valence-corrected chi connectivity index (χ3v) is 4.85. The second-order valence-corrected chi connectivity index (χ2v) is 7.02. The first-order valence-corrected chi connectivity index (χ1v) is 10.0. The third kappa shape index (κ3) is 9.23. The van der Waals surface area contributed by atoms with Crippen LogP contribution in [-0.2, 0) is 16.0 Å². The Kier molecular flexibility index (Phi) is 11.8. The molecule has 0 aliphatic carbocycles. The molecule has 0 aliphatic rings. The van der Waals surface area contributed by atoms with Crippen molar-refractivity contribution in [1.29, 1.82) is 0 Å². The summed E-state index contributed by atoms with van der Waals surface area (Å²) in [5.74, 6) is 0.798. The monoisotopic (exact) mass is 364 g/mol. The number of rotatable bonds is 15. The molecule has 1 aromatic rings. The molecule has 0 fully saturated rings. The van der Waals surface area contributed by atoms with Crippen molar-refractivity contribution in [3.63, 3.8) is 0 Å². The number of hydrogen-bond acceptors (Lipinski definition) is 4. The van der Waals surface area contributed by atoms with Gasteiger partial charge in [0, 0.05) is 20.0 Å². The number of aromatic hydroxyl groups is 1. The number of carbonyl (C=O) groups is 1. The van der Waals surface area contributed by atoms with Gasteiger partial charge in [-0.1, -0.05) is 57.9 Å². The number of Topliss-reactive ketones (excluding diaryl/α,β-unsaturated/α-hetero) is 1. The largest absolute Gasteiger partial charge is 0.504 e. The second-order valence-electron chi connectivity index (χ2n) is 7.02. The number of unbranched alkanes of at least 4 members (excludes halogenated alkanes) is 6. The van der Waals surface area contributed by atoms with Crippen molar-refractivity contribution in [2.75, 3.05) is 14.2 Å². The lowest BCUT2D eigenvalue weighted by atomic mass is 10.00. The number of methoxy groups -OCH3 is 2. The summed E-state index contributed by atoms with van der Waals surface area (Å²) in [5, 5.41) is 9.62. The number of benzene rings is 1. The molecule has 0 radical (unpaired) electrons. The number of aryl methyl sites for hydroxylation is 1. The van der Waals surface area contributed by atoms with Gasteiger partial charge in [0.15, 0.2) is 11.5 Å². The summed E-state index contributed by atoms with van der Waals surface area (Å²) in [6.07, 6.45) is 11.6. The standard InChI is InChI=1S/C22H36O4/c1-4-5-6-7-8-9-10-11-20(25-2)17-19(23)14-12-18-13-15-21(24)22(16-18)26-3/h13,15-16,20,24H,4-12,14,17H2,1-3H3/t20-/m0/s1. The van der Waals surface area contributed by atoms with Gasteiger partial charge in [-0.3, -0.25) is 4.79 Å². The van der Waals surface area contributed by atoms with Crippen LogP contribution >= 0.6 is 0 Å². The predicted octanol–water partition coefficient (Wildman–Crippen LogP) is 5.45. The predicted molar refractivity (Wildman–Crippen MR) is 106 cm³/mol. The Morgan fingerprint density at radius 2 is 1.77 bits per heavy atom. The molecule has 1 N–H and O–H groups in total. The number of hydrogen-bond donors (Lipinski definition) is 1. The van der Waals surface area contributed by atoms with Crippen molar-refractivity contribution >= 4 is 5.78 Å². The van der Waals surface area contributed by atoms with Gasteiger partial charge in [-0.25, -0.2) is 0 Å². The minimum Gasteiger partial charge on any atom is -0.504 e. The number of ketones is 1.